The molecule has 0 aromatic rings. The van der Waals surface area contributed by atoms with Crippen LogP contribution in [-0.4, -0.2) is 62.9 Å². The second-order valence-electron chi connectivity index (χ2n) is 7.19. The second kappa shape index (κ2) is 12.6. The maximum absolute atomic E-state index is 11.7. The number of unbranched alkanes of at least 4 members (excludes halogenated alkanes) is 5. The zero-order valence-electron chi connectivity index (χ0n) is 16.2. The van der Waals surface area contributed by atoms with Crippen LogP contribution in [0.4, 0.5) is 0 Å². The van der Waals surface area contributed by atoms with Crippen molar-refractivity contribution in [2.75, 3.05) is 47.5 Å². The summed E-state index contributed by atoms with van der Waals surface area (Å²) >= 11 is 0. The third-order valence-electron chi connectivity index (χ3n) is 3.39. The molecule has 0 fully saturated rings. The van der Waals surface area contributed by atoms with E-state index in [0.717, 1.165) is 32.1 Å². The van der Waals surface area contributed by atoms with Crippen LogP contribution in [0.25, 0.3) is 0 Å². The van der Waals surface area contributed by atoms with Crippen molar-refractivity contribution in [2.24, 2.45) is 0 Å². The molecule has 0 aromatic heterocycles. The van der Waals surface area contributed by atoms with Gasteiger partial charge in [0.25, 0.3) is 0 Å². The van der Waals surface area contributed by atoms with Crippen LogP contribution in [0.3, 0.4) is 0 Å². The van der Waals surface area contributed by atoms with Crippen molar-refractivity contribution in [2.45, 2.75) is 45.4 Å². The highest BCUT2D eigenvalue weighted by atomic mass is 31.2. The minimum absolute atomic E-state index is 0.188. The van der Waals surface area contributed by atoms with Crippen LogP contribution < -0.4 is 0 Å². The molecule has 25 heavy (non-hydrogen) atoms. The van der Waals surface area contributed by atoms with E-state index in [1.165, 1.54) is 0 Å². The Morgan fingerprint density at radius 2 is 1.44 bits per heavy atom. The van der Waals surface area contributed by atoms with Gasteiger partial charge in [0.15, 0.2) is 0 Å². The van der Waals surface area contributed by atoms with Gasteiger partial charge in [0.2, 0.25) is 0 Å². The molecule has 0 bridgehead atoms. The zero-order valence-corrected chi connectivity index (χ0v) is 17.1. The minimum Gasteiger partial charge on any atom is -0.462 e. The highest BCUT2D eigenvalue weighted by Gasteiger charge is 2.21. The first kappa shape index (κ1) is 24.3. The van der Waals surface area contributed by atoms with Crippen molar-refractivity contribution in [3.05, 3.63) is 12.2 Å². The van der Waals surface area contributed by atoms with Crippen molar-refractivity contribution in [3.63, 3.8) is 0 Å². The summed E-state index contributed by atoms with van der Waals surface area (Å²) in [5.41, 5.74) is 0.419. The van der Waals surface area contributed by atoms with Crippen LogP contribution in [0.15, 0.2) is 12.2 Å². The molecule has 8 heteroatoms. The molecular formula is C17H35NO6P+. The third-order valence-corrected chi connectivity index (χ3v) is 4.41. The van der Waals surface area contributed by atoms with Gasteiger partial charge in [-0.3, -0.25) is 9.05 Å². The van der Waals surface area contributed by atoms with Gasteiger partial charge in [-0.05, 0) is 19.8 Å². The molecule has 0 radical (unpaired) electrons. The first-order valence-corrected chi connectivity index (χ1v) is 10.3. The minimum atomic E-state index is -3.93. The number of hydrogen-bond donors (Lipinski definition) is 1. The molecule has 0 aliphatic heterocycles. The zero-order chi connectivity index (χ0) is 19.3. The summed E-state index contributed by atoms with van der Waals surface area (Å²) in [5.74, 6) is -0.339. The van der Waals surface area contributed by atoms with Crippen LogP contribution in [0.1, 0.15) is 45.4 Å². The Morgan fingerprint density at radius 3 is 1.96 bits per heavy atom. The largest absolute Gasteiger partial charge is 0.472 e. The quantitative estimate of drug-likeness (QED) is 0.154. The van der Waals surface area contributed by atoms with E-state index < -0.39 is 7.82 Å². The molecule has 7 nitrogen and oxygen atoms in total. The summed E-state index contributed by atoms with van der Waals surface area (Å²) in [5, 5.41) is 0. The number of carbonyl (C=O) groups excluding carboxylic acids is 1. The maximum Gasteiger partial charge on any atom is 0.472 e. The fraction of sp³-hybridized carbons (Fsp3) is 0.824. The Balaban J connectivity index is 3.49. The maximum atomic E-state index is 11.7. The molecule has 1 atom stereocenters. The predicted molar refractivity (Wildman–Crippen MR) is 98.1 cm³/mol. The second-order valence-corrected chi connectivity index (χ2v) is 8.64. The van der Waals surface area contributed by atoms with E-state index in [1.54, 1.807) is 6.92 Å². The number of carbonyl (C=O) groups is 1. The van der Waals surface area contributed by atoms with E-state index in [-0.39, 0.29) is 19.2 Å². The molecule has 1 unspecified atom stereocenters. The molecule has 0 rings (SSSR count). The lowest BCUT2D eigenvalue weighted by atomic mass is 10.1. The van der Waals surface area contributed by atoms with Gasteiger partial charge in [0.05, 0.1) is 34.4 Å². The smallest absolute Gasteiger partial charge is 0.462 e. The highest BCUT2D eigenvalue weighted by Crippen LogP contribution is 2.43. The fourth-order valence-corrected chi connectivity index (χ4v) is 2.59. The number of phosphoric acid groups is 1. The van der Waals surface area contributed by atoms with Crippen LogP contribution >= 0.6 is 7.82 Å². The standard InChI is InChI=1S/C17H34NO6P/c1-16(2)17(19)22-13-10-8-6-7-9-11-14-23-25(20,21)24-15-12-18(3,4)5/h1,6-15H2,2-5H3/p+1. The Bertz CT molecular complexity index is 447. The normalized spacial score (nSPS) is 14.1. The number of likely N-dealkylation sites (N-methyl/N-ethyl adjacent to an activating group) is 1. The molecule has 0 saturated carbocycles. The summed E-state index contributed by atoms with van der Waals surface area (Å²) in [6, 6.07) is 0. The average Bonchev–Trinajstić information content (AvgIpc) is 2.47. The number of quaternary nitrogens is 1. The predicted octanol–water partition coefficient (Wildman–Crippen LogP) is 3.29. The number of hydrogen-bond acceptors (Lipinski definition) is 5. The molecule has 0 aliphatic carbocycles. The van der Waals surface area contributed by atoms with E-state index in [2.05, 4.69) is 6.58 Å². The Kier molecular flexibility index (Phi) is 12.2. The first-order chi connectivity index (χ1) is 11.5. The number of esters is 1. The summed E-state index contributed by atoms with van der Waals surface area (Å²) < 4.78 is 27.2. The lowest BCUT2D eigenvalue weighted by molar-refractivity contribution is -0.870. The van der Waals surface area contributed by atoms with Crippen molar-refractivity contribution in [1.82, 2.24) is 0 Å². The fourth-order valence-electron chi connectivity index (χ4n) is 1.85. The Morgan fingerprint density at radius 1 is 0.960 bits per heavy atom. The van der Waals surface area contributed by atoms with Gasteiger partial charge >= 0.3 is 13.8 Å². The first-order valence-electron chi connectivity index (χ1n) is 8.78. The molecule has 0 aromatic carbocycles. The van der Waals surface area contributed by atoms with Crippen molar-refractivity contribution in [1.29, 1.82) is 0 Å². The van der Waals surface area contributed by atoms with E-state index in [4.69, 9.17) is 13.8 Å². The SMILES string of the molecule is C=C(C)C(=O)OCCCCCCCCOP(=O)(O)OCC[N+](C)(C)C. The summed E-state index contributed by atoms with van der Waals surface area (Å²) in [6.45, 7) is 6.61. The van der Waals surface area contributed by atoms with E-state index in [9.17, 15) is 14.3 Å². The monoisotopic (exact) mass is 380 g/mol. The number of ether oxygens (including phenoxy) is 1. The number of nitrogens with zero attached hydrogens (tertiary/aromatic N) is 1. The Hall–Kier alpha value is -0.720. The van der Waals surface area contributed by atoms with Gasteiger partial charge in [-0.1, -0.05) is 32.3 Å². The molecule has 0 spiro atoms. The molecule has 0 saturated heterocycles. The number of phosphoric ester groups is 1. The van der Waals surface area contributed by atoms with Crippen LogP contribution in [-0.2, 0) is 23.1 Å². The van der Waals surface area contributed by atoms with E-state index in [0.29, 0.717) is 29.6 Å². The number of rotatable bonds is 15. The summed E-state index contributed by atoms with van der Waals surface area (Å²) in [6.07, 6.45) is 5.49. The Labute approximate surface area is 152 Å². The van der Waals surface area contributed by atoms with Gasteiger partial charge in [-0.15, -0.1) is 0 Å². The topological polar surface area (TPSA) is 82.1 Å². The molecule has 1 N–H and O–H groups in total. The molecular weight excluding hydrogens is 345 g/mol. The summed E-state index contributed by atoms with van der Waals surface area (Å²) in [7, 11) is 2.02. The van der Waals surface area contributed by atoms with Crippen molar-refractivity contribution in [3.8, 4) is 0 Å². The molecule has 0 heterocycles. The van der Waals surface area contributed by atoms with Crippen LogP contribution in [0, 0.1) is 0 Å². The van der Waals surface area contributed by atoms with E-state index in [1.807, 2.05) is 21.1 Å². The van der Waals surface area contributed by atoms with Gasteiger partial charge in [-0.2, -0.15) is 0 Å². The third kappa shape index (κ3) is 16.5. The van der Waals surface area contributed by atoms with Gasteiger partial charge in [0, 0.05) is 5.57 Å². The molecule has 148 valence electrons. The van der Waals surface area contributed by atoms with Gasteiger partial charge in [-0.25, -0.2) is 9.36 Å². The van der Waals surface area contributed by atoms with Crippen molar-refractivity contribution >= 4 is 13.8 Å². The lowest BCUT2D eigenvalue weighted by Gasteiger charge is -2.24. The van der Waals surface area contributed by atoms with E-state index >= 15 is 0 Å². The van der Waals surface area contributed by atoms with Crippen LogP contribution in [0.5, 0.6) is 0 Å². The molecule has 0 aliphatic rings. The summed E-state index contributed by atoms with van der Waals surface area (Å²) in [4.78, 5) is 20.7. The van der Waals surface area contributed by atoms with Gasteiger partial charge in [0.1, 0.15) is 13.2 Å². The van der Waals surface area contributed by atoms with Gasteiger partial charge < -0.3 is 14.1 Å². The molecule has 0 amide bonds. The average molecular weight is 380 g/mol. The highest BCUT2D eigenvalue weighted by molar-refractivity contribution is 7.47. The van der Waals surface area contributed by atoms with Crippen LogP contribution in [0.2, 0.25) is 0 Å². The van der Waals surface area contributed by atoms with Crippen molar-refractivity contribution < 1.29 is 32.5 Å². The lowest BCUT2D eigenvalue weighted by Crippen LogP contribution is -2.37.